The Balaban J connectivity index is 1.81. The van der Waals surface area contributed by atoms with E-state index in [1.807, 2.05) is 60.7 Å². The van der Waals surface area contributed by atoms with Crippen LogP contribution >= 0.6 is 0 Å². The van der Waals surface area contributed by atoms with Gasteiger partial charge in [0.15, 0.2) is 5.78 Å². The van der Waals surface area contributed by atoms with Gasteiger partial charge in [0.25, 0.3) is 0 Å². The zero-order chi connectivity index (χ0) is 17.6. The molecule has 2 N–H and O–H groups in total. The Labute approximate surface area is 147 Å². The third-order valence-electron chi connectivity index (χ3n) is 4.29. The van der Waals surface area contributed by atoms with Crippen LogP contribution in [0, 0.1) is 0 Å². The minimum absolute atomic E-state index is 0.0102. The van der Waals surface area contributed by atoms with Crippen molar-refractivity contribution in [3.63, 3.8) is 0 Å². The maximum atomic E-state index is 12.8. The van der Waals surface area contributed by atoms with E-state index in [9.17, 15) is 9.90 Å². The molecule has 0 spiro atoms. The second-order valence-electron chi connectivity index (χ2n) is 5.97. The quantitative estimate of drug-likeness (QED) is 0.673. The molecule has 0 radical (unpaired) electrons. The van der Waals surface area contributed by atoms with Crippen LogP contribution in [0.15, 0.2) is 72.8 Å². The number of benzene rings is 3. The van der Waals surface area contributed by atoms with Crippen molar-refractivity contribution in [2.24, 2.45) is 0 Å². The summed E-state index contributed by atoms with van der Waals surface area (Å²) in [6.07, 6.45) is 1.28. The predicted molar refractivity (Wildman–Crippen MR) is 97.8 cm³/mol. The summed E-state index contributed by atoms with van der Waals surface area (Å²) in [6, 6.07) is 22.0. The Morgan fingerprint density at radius 2 is 1.48 bits per heavy atom. The lowest BCUT2D eigenvalue weighted by molar-refractivity contribution is 0.103. The molecule has 3 heteroatoms. The molecule has 3 aromatic rings. The van der Waals surface area contributed by atoms with E-state index in [0.717, 1.165) is 11.1 Å². The van der Waals surface area contributed by atoms with Crippen LogP contribution in [-0.2, 0) is 19.4 Å². The first-order valence-corrected chi connectivity index (χ1v) is 8.28. The van der Waals surface area contributed by atoms with Crippen molar-refractivity contribution >= 4 is 5.78 Å². The lowest BCUT2D eigenvalue weighted by Crippen LogP contribution is -2.06. The second kappa shape index (κ2) is 7.77. The van der Waals surface area contributed by atoms with Crippen LogP contribution in [0.3, 0.4) is 0 Å². The molecule has 0 amide bonds. The number of hydrogen-bond acceptors (Lipinski definition) is 3. The molecule has 0 saturated heterocycles. The third-order valence-corrected chi connectivity index (χ3v) is 4.29. The fraction of sp³-hybridized carbons (Fsp3) is 0.136. The van der Waals surface area contributed by atoms with Gasteiger partial charge in [0, 0.05) is 11.1 Å². The van der Waals surface area contributed by atoms with Crippen molar-refractivity contribution < 1.29 is 15.0 Å². The van der Waals surface area contributed by atoms with Crippen molar-refractivity contribution in [3.8, 4) is 5.75 Å². The van der Waals surface area contributed by atoms with Crippen molar-refractivity contribution in [2.45, 2.75) is 19.4 Å². The first kappa shape index (κ1) is 16.9. The van der Waals surface area contributed by atoms with Gasteiger partial charge in [-0.15, -0.1) is 0 Å². The minimum Gasteiger partial charge on any atom is -0.508 e. The first-order chi connectivity index (χ1) is 12.2. The van der Waals surface area contributed by atoms with E-state index < -0.39 is 0 Å². The highest BCUT2D eigenvalue weighted by molar-refractivity contribution is 6.09. The fourth-order valence-electron chi connectivity index (χ4n) is 2.89. The van der Waals surface area contributed by atoms with Crippen LogP contribution < -0.4 is 0 Å². The number of phenols is 1. The molecule has 0 aliphatic heterocycles. The molecule has 0 aromatic heterocycles. The minimum atomic E-state index is -0.0950. The van der Waals surface area contributed by atoms with Gasteiger partial charge in [-0.25, -0.2) is 0 Å². The Morgan fingerprint density at radius 3 is 2.20 bits per heavy atom. The third kappa shape index (κ3) is 3.95. The molecule has 0 fully saturated rings. The molecule has 0 atom stereocenters. The first-order valence-electron chi connectivity index (χ1n) is 8.28. The number of rotatable bonds is 6. The number of aliphatic hydroxyl groups is 1. The standard InChI is InChI=1S/C22H20O3/c23-15-16-10-11-18(21(24)14-16)13-12-17-6-4-5-9-20(17)22(25)19-7-2-1-3-8-19/h1-11,14,23-24H,12-13,15H2. The average molecular weight is 332 g/mol. The van der Waals surface area contributed by atoms with Gasteiger partial charge >= 0.3 is 0 Å². The van der Waals surface area contributed by atoms with E-state index in [-0.39, 0.29) is 18.1 Å². The number of aliphatic hydroxyl groups excluding tert-OH is 1. The van der Waals surface area contributed by atoms with Gasteiger partial charge < -0.3 is 10.2 Å². The molecule has 0 saturated carbocycles. The number of phenolic OH excluding ortho intramolecular Hbond substituents is 1. The van der Waals surface area contributed by atoms with E-state index >= 15 is 0 Å². The zero-order valence-corrected chi connectivity index (χ0v) is 13.9. The number of ketones is 1. The Hall–Kier alpha value is -2.91. The van der Waals surface area contributed by atoms with Crippen LogP contribution in [0.4, 0.5) is 0 Å². The van der Waals surface area contributed by atoms with Crippen LogP contribution in [0.2, 0.25) is 0 Å². The van der Waals surface area contributed by atoms with E-state index in [4.69, 9.17) is 5.11 Å². The van der Waals surface area contributed by atoms with Crippen molar-refractivity contribution in [3.05, 3.63) is 101 Å². The monoisotopic (exact) mass is 332 g/mol. The van der Waals surface area contributed by atoms with E-state index in [0.29, 0.717) is 29.5 Å². The molecule has 3 rings (SSSR count). The van der Waals surface area contributed by atoms with Gasteiger partial charge in [0.05, 0.1) is 6.61 Å². The zero-order valence-electron chi connectivity index (χ0n) is 13.9. The fourth-order valence-corrected chi connectivity index (χ4v) is 2.89. The summed E-state index contributed by atoms with van der Waals surface area (Å²) in [5, 5.41) is 19.2. The average Bonchev–Trinajstić information content (AvgIpc) is 2.67. The number of carbonyl (C=O) groups excluding carboxylic acids is 1. The highest BCUT2D eigenvalue weighted by atomic mass is 16.3. The molecule has 3 nitrogen and oxygen atoms in total. The summed E-state index contributed by atoms with van der Waals surface area (Å²) in [6.45, 7) is -0.0950. The van der Waals surface area contributed by atoms with Crippen molar-refractivity contribution in [1.82, 2.24) is 0 Å². The number of aryl methyl sites for hydroxylation is 2. The second-order valence-corrected chi connectivity index (χ2v) is 5.97. The summed E-state index contributed by atoms with van der Waals surface area (Å²) >= 11 is 0. The molecular weight excluding hydrogens is 312 g/mol. The Morgan fingerprint density at radius 1 is 0.800 bits per heavy atom. The number of carbonyl (C=O) groups is 1. The van der Waals surface area contributed by atoms with Gasteiger partial charge in [-0.05, 0) is 35.6 Å². The van der Waals surface area contributed by atoms with Crippen LogP contribution in [0.1, 0.15) is 32.6 Å². The van der Waals surface area contributed by atoms with Crippen LogP contribution in [-0.4, -0.2) is 16.0 Å². The topological polar surface area (TPSA) is 57.5 Å². The molecule has 0 bridgehead atoms. The summed E-state index contributed by atoms with van der Waals surface area (Å²) in [7, 11) is 0. The van der Waals surface area contributed by atoms with E-state index in [2.05, 4.69) is 0 Å². The molecule has 0 aliphatic rings. The smallest absolute Gasteiger partial charge is 0.193 e. The molecule has 0 heterocycles. The summed E-state index contributed by atoms with van der Waals surface area (Å²) in [5.74, 6) is 0.189. The van der Waals surface area contributed by atoms with Crippen LogP contribution in [0.25, 0.3) is 0 Å². The SMILES string of the molecule is O=C(c1ccccc1)c1ccccc1CCc1ccc(CO)cc1O. The van der Waals surface area contributed by atoms with Gasteiger partial charge in [-0.1, -0.05) is 66.7 Å². The van der Waals surface area contributed by atoms with Gasteiger partial charge in [0.1, 0.15) is 5.75 Å². The maximum Gasteiger partial charge on any atom is 0.193 e. The molecule has 126 valence electrons. The van der Waals surface area contributed by atoms with Gasteiger partial charge in [0.2, 0.25) is 0 Å². The Bertz CT molecular complexity index is 869. The van der Waals surface area contributed by atoms with Gasteiger partial charge in [-0.3, -0.25) is 4.79 Å². The van der Waals surface area contributed by atoms with Crippen LogP contribution in [0.5, 0.6) is 5.75 Å². The maximum absolute atomic E-state index is 12.8. The van der Waals surface area contributed by atoms with Gasteiger partial charge in [-0.2, -0.15) is 0 Å². The molecule has 0 unspecified atom stereocenters. The molecular formula is C22H20O3. The van der Waals surface area contributed by atoms with Crippen molar-refractivity contribution in [1.29, 1.82) is 0 Å². The normalized spacial score (nSPS) is 10.6. The Kier molecular flexibility index (Phi) is 5.26. The summed E-state index contributed by atoms with van der Waals surface area (Å²) in [5.41, 5.74) is 3.81. The number of hydrogen-bond donors (Lipinski definition) is 2. The molecule has 3 aromatic carbocycles. The lowest BCUT2D eigenvalue weighted by atomic mass is 9.94. The highest BCUT2D eigenvalue weighted by Crippen LogP contribution is 2.22. The molecule has 0 aliphatic carbocycles. The summed E-state index contributed by atoms with van der Waals surface area (Å²) < 4.78 is 0. The number of aromatic hydroxyl groups is 1. The molecule has 25 heavy (non-hydrogen) atoms. The lowest BCUT2D eigenvalue weighted by Gasteiger charge is -2.10. The predicted octanol–water partition coefficient (Wildman–Crippen LogP) is 3.90. The van der Waals surface area contributed by atoms with Crippen molar-refractivity contribution in [2.75, 3.05) is 0 Å². The summed E-state index contributed by atoms with van der Waals surface area (Å²) in [4.78, 5) is 12.8. The van der Waals surface area contributed by atoms with E-state index in [1.54, 1.807) is 12.1 Å². The highest BCUT2D eigenvalue weighted by Gasteiger charge is 2.13. The largest absolute Gasteiger partial charge is 0.508 e. The van der Waals surface area contributed by atoms with E-state index in [1.165, 1.54) is 0 Å².